The summed E-state index contributed by atoms with van der Waals surface area (Å²) >= 11 is 2.83. The maximum Gasteiger partial charge on any atom is 0.257 e. The molecule has 0 saturated carbocycles. The van der Waals surface area contributed by atoms with Crippen molar-refractivity contribution in [1.29, 1.82) is 0 Å². The SMILES string of the molecule is CCSc1nnc(NC(=O)c2ccc(OC)c(F)c2)s1. The molecule has 0 unspecified atom stereocenters. The minimum Gasteiger partial charge on any atom is -0.494 e. The Kier molecular flexibility index (Phi) is 4.91. The van der Waals surface area contributed by atoms with E-state index in [1.165, 1.54) is 30.6 Å². The van der Waals surface area contributed by atoms with Crippen LogP contribution in [-0.2, 0) is 0 Å². The first-order chi connectivity index (χ1) is 9.63. The summed E-state index contributed by atoms with van der Waals surface area (Å²) in [5.74, 6) is -0.0405. The lowest BCUT2D eigenvalue weighted by Crippen LogP contribution is -2.12. The molecule has 1 aromatic carbocycles. The second-order valence-corrected chi connectivity index (χ2v) is 6.10. The van der Waals surface area contributed by atoms with Crippen molar-refractivity contribution in [1.82, 2.24) is 10.2 Å². The van der Waals surface area contributed by atoms with Gasteiger partial charge in [-0.15, -0.1) is 10.2 Å². The van der Waals surface area contributed by atoms with Crippen LogP contribution < -0.4 is 10.1 Å². The molecular weight excluding hydrogens is 301 g/mol. The van der Waals surface area contributed by atoms with Crippen LogP contribution in [0.3, 0.4) is 0 Å². The van der Waals surface area contributed by atoms with E-state index in [-0.39, 0.29) is 11.3 Å². The summed E-state index contributed by atoms with van der Waals surface area (Å²) in [6.07, 6.45) is 0. The number of carbonyl (C=O) groups is 1. The maximum absolute atomic E-state index is 13.5. The van der Waals surface area contributed by atoms with Crippen molar-refractivity contribution in [2.75, 3.05) is 18.2 Å². The van der Waals surface area contributed by atoms with Gasteiger partial charge in [-0.1, -0.05) is 30.0 Å². The first-order valence-corrected chi connectivity index (χ1v) is 7.55. The van der Waals surface area contributed by atoms with Crippen molar-refractivity contribution in [3.8, 4) is 5.75 Å². The molecule has 0 aliphatic heterocycles. The van der Waals surface area contributed by atoms with Gasteiger partial charge in [0.1, 0.15) is 0 Å². The van der Waals surface area contributed by atoms with Crippen molar-refractivity contribution in [3.05, 3.63) is 29.6 Å². The highest BCUT2D eigenvalue weighted by atomic mass is 32.2. The number of nitrogens with zero attached hydrogens (tertiary/aromatic N) is 2. The molecule has 20 heavy (non-hydrogen) atoms. The van der Waals surface area contributed by atoms with Gasteiger partial charge in [0.25, 0.3) is 5.91 Å². The van der Waals surface area contributed by atoms with E-state index in [0.717, 1.165) is 16.2 Å². The van der Waals surface area contributed by atoms with Crippen LogP contribution in [0.4, 0.5) is 9.52 Å². The van der Waals surface area contributed by atoms with Gasteiger partial charge in [0.15, 0.2) is 15.9 Å². The van der Waals surface area contributed by atoms with Crippen LogP contribution in [0.15, 0.2) is 22.5 Å². The van der Waals surface area contributed by atoms with E-state index in [1.54, 1.807) is 11.8 Å². The van der Waals surface area contributed by atoms with Crippen LogP contribution in [0.1, 0.15) is 17.3 Å². The number of hydrogen-bond acceptors (Lipinski definition) is 6. The number of nitrogens with one attached hydrogen (secondary N) is 1. The van der Waals surface area contributed by atoms with Crippen LogP contribution in [0.5, 0.6) is 5.75 Å². The minimum absolute atomic E-state index is 0.0964. The molecule has 1 heterocycles. The van der Waals surface area contributed by atoms with Crippen LogP contribution >= 0.6 is 23.1 Å². The molecule has 0 radical (unpaired) electrons. The second-order valence-electron chi connectivity index (χ2n) is 3.61. The summed E-state index contributed by atoms with van der Waals surface area (Å²) in [7, 11) is 1.37. The van der Waals surface area contributed by atoms with E-state index < -0.39 is 11.7 Å². The van der Waals surface area contributed by atoms with Gasteiger partial charge in [-0.25, -0.2) is 4.39 Å². The van der Waals surface area contributed by atoms with Gasteiger partial charge in [0.05, 0.1) is 7.11 Å². The van der Waals surface area contributed by atoms with E-state index in [2.05, 4.69) is 15.5 Å². The fourth-order valence-electron chi connectivity index (χ4n) is 1.42. The Bertz CT molecular complexity index is 618. The molecule has 1 N–H and O–H groups in total. The second kappa shape index (κ2) is 6.67. The molecule has 1 amide bonds. The van der Waals surface area contributed by atoms with E-state index in [9.17, 15) is 9.18 Å². The average molecular weight is 313 g/mol. The molecule has 5 nitrogen and oxygen atoms in total. The van der Waals surface area contributed by atoms with Crippen molar-refractivity contribution < 1.29 is 13.9 Å². The lowest BCUT2D eigenvalue weighted by atomic mass is 10.2. The lowest BCUT2D eigenvalue weighted by Gasteiger charge is -2.04. The molecule has 0 spiro atoms. The molecule has 106 valence electrons. The largest absolute Gasteiger partial charge is 0.494 e. The van der Waals surface area contributed by atoms with Crippen molar-refractivity contribution in [2.45, 2.75) is 11.3 Å². The van der Waals surface area contributed by atoms with Gasteiger partial charge >= 0.3 is 0 Å². The van der Waals surface area contributed by atoms with Gasteiger partial charge in [-0.3, -0.25) is 10.1 Å². The standard InChI is InChI=1S/C12H12FN3O2S2/c1-3-19-12-16-15-11(20-12)14-10(17)7-4-5-9(18-2)8(13)6-7/h4-6H,3H2,1-2H3,(H,14,15,17). The molecule has 0 aliphatic carbocycles. The molecule has 0 atom stereocenters. The Morgan fingerprint density at radius 1 is 1.50 bits per heavy atom. The fraction of sp³-hybridized carbons (Fsp3) is 0.250. The summed E-state index contributed by atoms with van der Waals surface area (Å²) in [5, 5.41) is 10.8. The van der Waals surface area contributed by atoms with Crippen molar-refractivity contribution >= 4 is 34.1 Å². The monoisotopic (exact) mass is 313 g/mol. The Hall–Kier alpha value is -1.67. The van der Waals surface area contributed by atoms with Gasteiger partial charge < -0.3 is 4.74 Å². The molecule has 1 aromatic heterocycles. The average Bonchev–Trinajstić information content (AvgIpc) is 2.86. The normalized spacial score (nSPS) is 10.3. The third kappa shape index (κ3) is 3.45. The Balaban J connectivity index is 2.09. The van der Waals surface area contributed by atoms with Crippen LogP contribution in [0, 0.1) is 5.82 Å². The summed E-state index contributed by atoms with van der Waals surface area (Å²) in [5.41, 5.74) is 0.197. The molecule has 0 aliphatic rings. The minimum atomic E-state index is -0.584. The number of methoxy groups -OCH3 is 1. The third-order valence-corrected chi connectivity index (χ3v) is 4.16. The summed E-state index contributed by atoms with van der Waals surface area (Å²) in [6, 6.07) is 4.01. The molecular formula is C12H12FN3O2S2. The van der Waals surface area contributed by atoms with Gasteiger partial charge in [0, 0.05) is 5.56 Å². The van der Waals surface area contributed by atoms with Crippen LogP contribution in [-0.4, -0.2) is 29.0 Å². The maximum atomic E-state index is 13.5. The third-order valence-electron chi connectivity index (χ3n) is 2.31. The molecule has 2 aromatic rings. The first kappa shape index (κ1) is 14.7. The lowest BCUT2D eigenvalue weighted by molar-refractivity contribution is 0.102. The van der Waals surface area contributed by atoms with E-state index in [0.29, 0.717) is 5.13 Å². The molecule has 0 fully saturated rings. The Morgan fingerprint density at radius 3 is 2.95 bits per heavy atom. The first-order valence-electron chi connectivity index (χ1n) is 5.75. The van der Waals surface area contributed by atoms with Gasteiger partial charge in [-0.05, 0) is 24.0 Å². The van der Waals surface area contributed by atoms with Crippen LogP contribution in [0.2, 0.25) is 0 Å². The molecule has 0 bridgehead atoms. The van der Waals surface area contributed by atoms with Crippen molar-refractivity contribution in [2.24, 2.45) is 0 Å². The number of hydrogen-bond donors (Lipinski definition) is 1. The number of anilines is 1. The van der Waals surface area contributed by atoms with Gasteiger partial charge in [-0.2, -0.15) is 0 Å². The van der Waals surface area contributed by atoms with E-state index >= 15 is 0 Å². The topological polar surface area (TPSA) is 64.1 Å². The van der Waals surface area contributed by atoms with E-state index in [4.69, 9.17) is 4.74 Å². The zero-order chi connectivity index (χ0) is 14.5. The quantitative estimate of drug-likeness (QED) is 0.679. The summed E-state index contributed by atoms with van der Waals surface area (Å²) < 4.78 is 19.1. The zero-order valence-electron chi connectivity index (χ0n) is 10.8. The zero-order valence-corrected chi connectivity index (χ0v) is 12.5. The summed E-state index contributed by atoms with van der Waals surface area (Å²) in [6.45, 7) is 2.00. The van der Waals surface area contributed by atoms with Crippen molar-refractivity contribution in [3.63, 3.8) is 0 Å². The number of benzene rings is 1. The smallest absolute Gasteiger partial charge is 0.257 e. The number of ether oxygens (including phenoxy) is 1. The fourth-order valence-corrected chi connectivity index (χ4v) is 3.06. The number of carbonyl (C=O) groups excluding carboxylic acids is 1. The molecule has 0 saturated heterocycles. The highest BCUT2D eigenvalue weighted by molar-refractivity contribution is 8.01. The van der Waals surface area contributed by atoms with E-state index in [1.807, 2.05) is 6.92 Å². The predicted molar refractivity (Wildman–Crippen MR) is 77.2 cm³/mol. The number of halogens is 1. The highest BCUT2D eigenvalue weighted by Crippen LogP contribution is 2.25. The Morgan fingerprint density at radius 2 is 2.30 bits per heavy atom. The van der Waals surface area contributed by atoms with Gasteiger partial charge in [0.2, 0.25) is 5.13 Å². The van der Waals surface area contributed by atoms with Crippen LogP contribution in [0.25, 0.3) is 0 Å². The molecule has 8 heteroatoms. The number of amides is 1. The Labute approximate surface area is 123 Å². The number of rotatable bonds is 5. The summed E-state index contributed by atoms with van der Waals surface area (Å²) in [4.78, 5) is 11.9. The number of thioether (sulfide) groups is 1. The highest BCUT2D eigenvalue weighted by Gasteiger charge is 2.12. The number of aromatic nitrogens is 2. The molecule has 2 rings (SSSR count). The predicted octanol–water partition coefficient (Wildman–Crippen LogP) is 3.05.